The summed E-state index contributed by atoms with van der Waals surface area (Å²) in [5.41, 5.74) is 4.18. The minimum atomic E-state index is 0.140. The van der Waals surface area contributed by atoms with Crippen molar-refractivity contribution >= 4 is 5.78 Å². The number of aryl methyl sites for hydroxylation is 1. The van der Waals surface area contributed by atoms with Crippen LogP contribution in [0.25, 0.3) is 0 Å². The average molecular weight is 336 g/mol. The number of nitrogens with zero attached hydrogens (tertiary/aromatic N) is 2. The number of carbonyl (C=O) groups is 1. The normalized spacial score (nSPS) is 11.2. The standard InChI is InChI=1S/C21H24N2O2/c1-16-12-20(17(2)23(16)13-18-8-5-4-6-9-18)21(24)15-22(3)14-19-10-7-11-25-19/h4-12H,13-15H2,1-3H3. The van der Waals surface area contributed by atoms with E-state index in [1.807, 2.05) is 55.3 Å². The smallest absolute Gasteiger partial charge is 0.178 e. The van der Waals surface area contributed by atoms with Crippen LogP contribution >= 0.6 is 0 Å². The summed E-state index contributed by atoms with van der Waals surface area (Å²) in [4.78, 5) is 14.7. The first-order valence-electron chi connectivity index (χ1n) is 8.49. The zero-order valence-electron chi connectivity index (χ0n) is 15.0. The molecule has 2 aromatic heterocycles. The van der Waals surface area contributed by atoms with Crippen LogP contribution in [0.5, 0.6) is 0 Å². The van der Waals surface area contributed by atoms with E-state index in [0.717, 1.165) is 29.3 Å². The van der Waals surface area contributed by atoms with Crippen molar-refractivity contribution in [2.45, 2.75) is 26.9 Å². The predicted octanol–water partition coefficient (Wildman–Crippen LogP) is 4.06. The number of hydrogen-bond donors (Lipinski definition) is 0. The number of ketones is 1. The fraction of sp³-hybridized carbons (Fsp3) is 0.286. The molecular weight excluding hydrogens is 312 g/mol. The van der Waals surface area contributed by atoms with Crippen molar-refractivity contribution in [1.82, 2.24) is 9.47 Å². The molecule has 3 aromatic rings. The van der Waals surface area contributed by atoms with Crippen molar-refractivity contribution < 1.29 is 9.21 Å². The molecule has 0 aliphatic heterocycles. The van der Waals surface area contributed by atoms with Crippen LogP contribution in [-0.2, 0) is 13.1 Å². The van der Waals surface area contributed by atoms with Gasteiger partial charge in [0.1, 0.15) is 5.76 Å². The largest absolute Gasteiger partial charge is 0.468 e. The summed E-state index contributed by atoms with van der Waals surface area (Å²) in [5.74, 6) is 1.01. The Morgan fingerprint density at radius 1 is 1.12 bits per heavy atom. The lowest BCUT2D eigenvalue weighted by Gasteiger charge is -2.14. The van der Waals surface area contributed by atoms with Crippen molar-refractivity contribution in [3.05, 3.63) is 83.1 Å². The molecule has 0 spiro atoms. The molecule has 25 heavy (non-hydrogen) atoms. The Balaban J connectivity index is 1.71. The first kappa shape index (κ1) is 17.2. The van der Waals surface area contributed by atoms with E-state index in [2.05, 4.69) is 23.6 Å². The van der Waals surface area contributed by atoms with Gasteiger partial charge in [-0.15, -0.1) is 0 Å². The maximum absolute atomic E-state index is 12.7. The SMILES string of the molecule is Cc1cc(C(=O)CN(C)Cc2ccco2)c(C)n1Cc1ccccc1. The van der Waals surface area contributed by atoms with Gasteiger partial charge in [-0.05, 0) is 44.7 Å². The van der Waals surface area contributed by atoms with Gasteiger partial charge in [0.25, 0.3) is 0 Å². The van der Waals surface area contributed by atoms with Gasteiger partial charge in [0, 0.05) is 23.5 Å². The van der Waals surface area contributed by atoms with Gasteiger partial charge in [0.05, 0.1) is 19.4 Å². The second-order valence-electron chi connectivity index (χ2n) is 6.53. The molecule has 0 aliphatic carbocycles. The number of Topliss-reactive ketones (excluding diaryl/α,β-unsaturated/α-hetero) is 1. The molecule has 130 valence electrons. The highest BCUT2D eigenvalue weighted by Crippen LogP contribution is 2.18. The third-order valence-corrected chi connectivity index (χ3v) is 4.48. The van der Waals surface area contributed by atoms with Crippen LogP contribution in [0.15, 0.2) is 59.2 Å². The molecule has 0 saturated carbocycles. The fourth-order valence-electron chi connectivity index (χ4n) is 3.15. The van der Waals surface area contributed by atoms with Crippen LogP contribution in [0.2, 0.25) is 0 Å². The van der Waals surface area contributed by atoms with Crippen molar-refractivity contribution in [3.8, 4) is 0 Å². The molecule has 0 radical (unpaired) electrons. The lowest BCUT2D eigenvalue weighted by molar-refractivity contribution is 0.0939. The first-order valence-corrected chi connectivity index (χ1v) is 8.49. The first-order chi connectivity index (χ1) is 12.0. The van der Waals surface area contributed by atoms with E-state index in [1.54, 1.807) is 6.26 Å². The molecule has 4 heteroatoms. The maximum atomic E-state index is 12.7. The summed E-state index contributed by atoms with van der Waals surface area (Å²) in [6, 6.07) is 16.1. The quantitative estimate of drug-likeness (QED) is 0.611. The number of carbonyl (C=O) groups excluding carboxylic acids is 1. The van der Waals surface area contributed by atoms with Gasteiger partial charge in [-0.2, -0.15) is 0 Å². The van der Waals surface area contributed by atoms with Gasteiger partial charge in [-0.3, -0.25) is 9.69 Å². The zero-order valence-corrected chi connectivity index (χ0v) is 15.0. The minimum Gasteiger partial charge on any atom is -0.468 e. The van der Waals surface area contributed by atoms with Gasteiger partial charge in [-0.25, -0.2) is 0 Å². The molecule has 3 rings (SSSR count). The summed E-state index contributed by atoms with van der Waals surface area (Å²) >= 11 is 0. The van der Waals surface area contributed by atoms with E-state index in [9.17, 15) is 4.79 Å². The van der Waals surface area contributed by atoms with E-state index in [-0.39, 0.29) is 5.78 Å². The number of rotatable bonds is 7. The molecule has 0 fully saturated rings. The number of aromatic nitrogens is 1. The Morgan fingerprint density at radius 3 is 2.56 bits per heavy atom. The van der Waals surface area contributed by atoms with Crippen LogP contribution < -0.4 is 0 Å². The third kappa shape index (κ3) is 4.09. The number of benzene rings is 1. The molecule has 0 N–H and O–H groups in total. The summed E-state index contributed by atoms with van der Waals surface area (Å²) in [6.07, 6.45) is 1.65. The predicted molar refractivity (Wildman–Crippen MR) is 98.8 cm³/mol. The Bertz CT molecular complexity index is 832. The highest BCUT2D eigenvalue weighted by Gasteiger charge is 2.17. The molecule has 0 saturated heterocycles. The summed E-state index contributed by atoms with van der Waals surface area (Å²) in [6.45, 7) is 5.86. The Kier molecular flexibility index (Phi) is 5.19. The van der Waals surface area contributed by atoms with Crippen LogP contribution in [-0.4, -0.2) is 28.8 Å². The topological polar surface area (TPSA) is 38.4 Å². The summed E-state index contributed by atoms with van der Waals surface area (Å²) in [5, 5.41) is 0. The van der Waals surface area contributed by atoms with E-state index in [0.29, 0.717) is 13.1 Å². The lowest BCUT2D eigenvalue weighted by atomic mass is 10.1. The van der Waals surface area contributed by atoms with Gasteiger partial charge < -0.3 is 8.98 Å². The molecule has 2 heterocycles. The van der Waals surface area contributed by atoms with E-state index in [1.165, 1.54) is 5.56 Å². The fourth-order valence-corrected chi connectivity index (χ4v) is 3.15. The minimum absolute atomic E-state index is 0.140. The Morgan fingerprint density at radius 2 is 1.88 bits per heavy atom. The van der Waals surface area contributed by atoms with Crippen LogP contribution in [0, 0.1) is 13.8 Å². The third-order valence-electron chi connectivity index (χ3n) is 4.48. The van der Waals surface area contributed by atoms with Gasteiger partial charge in [0.15, 0.2) is 5.78 Å². The molecule has 0 bridgehead atoms. The van der Waals surface area contributed by atoms with E-state index >= 15 is 0 Å². The lowest BCUT2D eigenvalue weighted by Crippen LogP contribution is -2.25. The molecular formula is C21H24N2O2. The highest BCUT2D eigenvalue weighted by molar-refractivity contribution is 5.99. The second-order valence-corrected chi connectivity index (χ2v) is 6.53. The molecule has 1 aromatic carbocycles. The van der Waals surface area contributed by atoms with Crippen LogP contribution in [0.1, 0.15) is 33.1 Å². The van der Waals surface area contributed by atoms with Crippen LogP contribution in [0.4, 0.5) is 0 Å². The van der Waals surface area contributed by atoms with Crippen molar-refractivity contribution in [2.24, 2.45) is 0 Å². The Hall–Kier alpha value is -2.59. The highest BCUT2D eigenvalue weighted by atomic mass is 16.3. The van der Waals surface area contributed by atoms with Crippen molar-refractivity contribution in [2.75, 3.05) is 13.6 Å². The van der Waals surface area contributed by atoms with E-state index in [4.69, 9.17) is 4.42 Å². The number of likely N-dealkylation sites (N-methyl/N-ethyl adjacent to an activating group) is 1. The van der Waals surface area contributed by atoms with Crippen molar-refractivity contribution in [3.63, 3.8) is 0 Å². The number of hydrogen-bond acceptors (Lipinski definition) is 3. The summed E-state index contributed by atoms with van der Waals surface area (Å²) in [7, 11) is 1.93. The monoisotopic (exact) mass is 336 g/mol. The van der Waals surface area contributed by atoms with Crippen molar-refractivity contribution in [1.29, 1.82) is 0 Å². The molecule has 0 aliphatic rings. The van der Waals surface area contributed by atoms with Gasteiger partial charge in [0.2, 0.25) is 0 Å². The molecule has 0 amide bonds. The molecule has 0 unspecified atom stereocenters. The van der Waals surface area contributed by atoms with Crippen LogP contribution in [0.3, 0.4) is 0 Å². The van der Waals surface area contributed by atoms with Gasteiger partial charge >= 0.3 is 0 Å². The Labute approximate surface area is 148 Å². The average Bonchev–Trinajstić information content (AvgIpc) is 3.19. The summed E-state index contributed by atoms with van der Waals surface area (Å²) < 4.78 is 7.55. The molecule has 4 nitrogen and oxygen atoms in total. The van der Waals surface area contributed by atoms with E-state index < -0.39 is 0 Å². The maximum Gasteiger partial charge on any atom is 0.178 e. The van der Waals surface area contributed by atoms with Gasteiger partial charge in [-0.1, -0.05) is 30.3 Å². The number of furan rings is 1. The zero-order chi connectivity index (χ0) is 17.8. The second kappa shape index (κ2) is 7.53. The molecule has 0 atom stereocenters.